The maximum Gasteiger partial charge on any atom is 0.416 e. The van der Waals surface area contributed by atoms with Crippen molar-refractivity contribution in [3.8, 4) is 11.3 Å². The Bertz CT molecular complexity index is 1430. The number of halogens is 3. The highest BCUT2D eigenvalue weighted by Crippen LogP contribution is 2.35. The lowest BCUT2D eigenvalue weighted by molar-refractivity contribution is -0.384. The minimum Gasteiger partial charge on any atom is -0.456 e. The molecule has 5 rings (SSSR count). The summed E-state index contributed by atoms with van der Waals surface area (Å²) < 4.78 is 44.9. The van der Waals surface area contributed by atoms with Gasteiger partial charge in [-0.05, 0) is 48.2 Å². The standard InChI is InChI=1S/C25H19F3N4O4S/c26-25(27,28)16-4-3-5-17(14-16)30-10-12-31(13-11-30)24-29-23(33)22(37-24)15-18-8-9-21(36-18)19-6-1-2-7-20(19)32(34)35/h1-9,14-15H,10-13H2/b22-15+. The maximum absolute atomic E-state index is 13.1. The van der Waals surface area contributed by atoms with Gasteiger partial charge in [-0.1, -0.05) is 18.2 Å². The van der Waals surface area contributed by atoms with Crippen molar-refractivity contribution in [2.24, 2.45) is 4.99 Å². The minimum absolute atomic E-state index is 0.0859. The van der Waals surface area contributed by atoms with Crippen molar-refractivity contribution >= 4 is 40.3 Å². The Hall–Kier alpha value is -4.06. The van der Waals surface area contributed by atoms with Crippen LogP contribution in [0.3, 0.4) is 0 Å². The first-order valence-corrected chi connectivity index (χ1v) is 12.0. The number of anilines is 1. The van der Waals surface area contributed by atoms with E-state index in [0.29, 0.717) is 59.0 Å². The summed E-state index contributed by atoms with van der Waals surface area (Å²) >= 11 is 1.19. The number of hydrogen-bond acceptors (Lipinski definition) is 7. The molecule has 3 aromatic rings. The van der Waals surface area contributed by atoms with Gasteiger partial charge in [-0.3, -0.25) is 14.9 Å². The Balaban J connectivity index is 1.24. The van der Waals surface area contributed by atoms with E-state index in [-0.39, 0.29) is 5.69 Å². The zero-order valence-electron chi connectivity index (χ0n) is 19.1. The van der Waals surface area contributed by atoms with Crippen LogP contribution >= 0.6 is 11.8 Å². The maximum atomic E-state index is 13.1. The van der Waals surface area contributed by atoms with Gasteiger partial charge in [0.05, 0.1) is 21.0 Å². The fourth-order valence-corrected chi connectivity index (χ4v) is 5.06. The Morgan fingerprint density at radius 2 is 1.73 bits per heavy atom. The molecular formula is C25H19F3N4O4S. The van der Waals surface area contributed by atoms with Crippen LogP contribution in [0.15, 0.2) is 75.0 Å². The number of rotatable bonds is 4. The van der Waals surface area contributed by atoms with Crippen molar-refractivity contribution in [2.75, 3.05) is 31.1 Å². The van der Waals surface area contributed by atoms with Gasteiger partial charge in [-0.2, -0.15) is 18.2 Å². The Kier molecular flexibility index (Phi) is 6.50. The van der Waals surface area contributed by atoms with E-state index in [9.17, 15) is 28.1 Å². The predicted octanol–water partition coefficient (Wildman–Crippen LogP) is 5.67. The third kappa shape index (κ3) is 5.24. The molecule has 12 heteroatoms. The summed E-state index contributed by atoms with van der Waals surface area (Å²) in [5.74, 6) is 0.236. The van der Waals surface area contributed by atoms with Crippen molar-refractivity contribution in [1.82, 2.24) is 4.90 Å². The molecule has 0 N–H and O–H groups in total. The van der Waals surface area contributed by atoms with Crippen LogP contribution in [0.4, 0.5) is 24.5 Å². The second kappa shape index (κ2) is 9.77. The molecule has 0 radical (unpaired) electrons. The summed E-state index contributed by atoms with van der Waals surface area (Å²) in [7, 11) is 0. The van der Waals surface area contributed by atoms with Crippen LogP contribution in [0, 0.1) is 10.1 Å². The Morgan fingerprint density at radius 3 is 2.46 bits per heavy atom. The number of alkyl halides is 3. The number of amidine groups is 1. The first kappa shape index (κ1) is 24.6. The van der Waals surface area contributed by atoms with Crippen LogP contribution in [-0.4, -0.2) is 47.1 Å². The molecule has 0 bridgehead atoms. The Labute approximate surface area is 213 Å². The third-order valence-electron chi connectivity index (χ3n) is 5.96. The van der Waals surface area contributed by atoms with Crippen molar-refractivity contribution in [1.29, 1.82) is 0 Å². The lowest BCUT2D eigenvalue weighted by atomic mass is 10.1. The minimum atomic E-state index is -4.40. The number of carbonyl (C=O) groups excluding carboxylic acids is 1. The van der Waals surface area contributed by atoms with Gasteiger partial charge in [0.2, 0.25) is 0 Å². The normalized spacial score (nSPS) is 17.4. The third-order valence-corrected chi connectivity index (χ3v) is 7.01. The number of nitro groups is 1. The topological polar surface area (TPSA) is 92.2 Å². The number of piperazine rings is 1. The van der Waals surface area contributed by atoms with Gasteiger partial charge in [0.25, 0.3) is 11.6 Å². The highest BCUT2D eigenvalue weighted by molar-refractivity contribution is 8.18. The number of nitrogens with zero attached hydrogens (tertiary/aromatic N) is 4. The summed E-state index contributed by atoms with van der Waals surface area (Å²) in [4.78, 5) is 31.6. The zero-order valence-corrected chi connectivity index (χ0v) is 20.0. The molecule has 1 amide bonds. The Morgan fingerprint density at radius 1 is 1.00 bits per heavy atom. The number of benzene rings is 2. The van der Waals surface area contributed by atoms with E-state index >= 15 is 0 Å². The van der Waals surface area contributed by atoms with Crippen molar-refractivity contribution < 1.29 is 27.3 Å². The number of hydrogen-bond donors (Lipinski definition) is 0. The molecule has 2 aliphatic rings. The molecule has 0 saturated carbocycles. The van der Waals surface area contributed by atoms with Crippen molar-refractivity contribution in [3.05, 3.63) is 87.0 Å². The van der Waals surface area contributed by atoms with Gasteiger partial charge in [0, 0.05) is 44.0 Å². The number of nitro benzene ring substituents is 1. The number of amides is 1. The molecule has 0 aliphatic carbocycles. The van der Waals surface area contributed by atoms with E-state index in [4.69, 9.17) is 4.42 Å². The number of thioether (sulfide) groups is 1. The number of furan rings is 1. The average Bonchev–Trinajstić information content (AvgIpc) is 3.50. The molecule has 2 aromatic carbocycles. The molecule has 1 aromatic heterocycles. The summed E-state index contributed by atoms with van der Waals surface area (Å²) in [5, 5.41) is 11.8. The van der Waals surface area contributed by atoms with E-state index in [1.807, 2.05) is 9.80 Å². The molecule has 1 fully saturated rings. The fraction of sp³-hybridized carbons (Fsp3) is 0.200. The molecule has 0 spiro atoms. The van der Waals surface area contributed by atoms with Crippen LogP contribution in [0.5, 0.6) is 0 Å². The SMILES string of the molecule is O=C1N=C(N2CCN(c3cccc(C(F)(F)F)c3)CC2)S/C1=C/c1ccc(-c2ccccc2[N+](=O)[O-])o1. The monoisotopic (exact) mass is 528 g/mol. The van der Waals surface area contributed by atoms with Gasteiger partial charge in [0.15, 0.2) is 5.17 Å². The first-order chi connectivity index (χ1) is 17.7. The molecule has 0 atom stereocenters. The summed E-state index contributed by atoms with van der Waals surface area (Å²) in [5.41, 5.74) is 0.0568. The highest BCUT2D eigenvalue weighted by atomic mass is 32.2. The summed E-state index contributed by atoms with van der Waals surface area (Å²) in [6.07, 6.45) is -2.86. The smallest absolute Gasteiger partial charge is 0.416 e. The molecule has 37 heavy (non-hydrogen) atoms. The predicted molar refractivity (Wildman–Crippen MR) is 134 cm³/mol. The van der Waals surface area contributed by atoms with Gasteiger partial charge in [-0.15, -0.1) is 0 Å². The molecule has 0 unspecified atom stereocenters. The fourth-order valence-electron chi connectivity index (χ4n) is 4.11. The molecule has 1 saturated heterocycles. The van der Waals surface area contributed by atoms with Crippen molar-refractivity contribution in [3.63, 3.8) is 0 Å². The van der Waals surface area contributed by atoms with E-state index in [2.05, 4.69) is 4.99 Å². The number of aliphatic imine (C=N–C) groups is 1. The largest absolute Gasteiger partial charge is 0.456 e. The molecule has 3 heterocycles. The lowest BCUT2D eigenvalue weighted by Crippen LogP contribution is -2.47. The first-order valence-electron chi connectivity index (χ1n) is 11.2. The van der Waals surface area contributed by atoms with Gasteiger partial charge >= 0.3 is 6.18 Å². The van der Waals surface area contributed by atoms with Crippen LogP contribution in [0.2, 0.25) is 0 Å². The van der Waals surface area contributed by atoms with Gasteiger partial charge < -0.3 is 14.2 Å². The van der Waals surface area contributed by atoms with Crippen LogP contribution in [-0.2, 0) is 11.0 Å². The second-order valence-corrected chi connectivity index (χ2v) is 9.32. The van der Waals surface area contributed by atoms with Gasteiger partial charge in [0.1, 0.15) is 11.5 Å². The molecule has 8 nitrogen and oxygen atoms in total. The number of carbonyl (C=O) groups is 1. The quantitative estimate of drug-likeness (QED) is 0.245. The van der Waals surface area contributed by atoms with Crippen LogP contribution in [0.25, 0.3) is 17.4 Å². The molecular weight excluding hydrogens is 509 g/mol. The average molecular weight is 529 g/mol. The molecule has 190 valence electrons. The summed E-state index contributed by atoms with van der Waals surface area (Å²) in [6, 6.07) is 14.7. The zero-order chi connectivity index (χ0) is 26.2. The van der Waals surface area contributed by atoms with Crippen LogP contribution in [0.1, 0.15) is 11.3 Å². The lowest BCUT2D eigenvalue weighted by Gasteiger charge is -2.36. The molecule has 2 aliphatic heterocycles. The van der Waals surface area contributed by atoms with E-state index < -0.39 is 22.6 Å². The van der Waals surface area contributed by atoms with E-state index in [1.165, 1.54) is 23.9 Å². The second-order valence-electron chi connectivity index (χ2n) is 8.31. The summed E-state index contributed by atoms with van der Waals surface area (Å²) in [6.45, 7) is 1.94. The van der Waals surface area contributed by atoms with E-state index in [1.54, 1.807) is 42.5 Å². The number of para-hydroxylation sites is 1. The van der Waals surface area contributed by atoms with E-state index in [0.717, 1.165) is 12.1 Å². The van der Waals surface area contributed by atoms with Gasteiger partial charge in [-0.25, -0.2) is 0 Å². The van der Waals surface area contributed by atoms with Crippen molar-refractivity contribution in [2.45, 2.75) is 6.18 Å². The highest BCUT2D eigenvalue weighted by Gasteiger charge is 2.32. The van der Waals surface area contributed by atoms with Crippen LogP contribution < -0.4 is 4.90 Å².